The Morgan fingerprint density at radius 2 is 1.44 bits per heavy atom. The Morgan fingerprint density at radius 3 is 1.97 bits per heavy atom. The highest BCUT2D eigenvalue weighted by atomic mass is 35.5. The van der Waals surface area contributed by atoms with E-state index in [0.29, 0.717) is 18.5 Å². The molecule has 5 rings (SSSR count). The van der Waals surface area contributed by atoms with Gasteiger partial charge in [0, 0.05) is 5.56 Å². The van der Waals surface area contributed by atoms with Crippen molar-refractivity contribution in [2.24, 2.45) is 23.7 Å². The summed E-state index contributed by atoms with van der Waals surface area (Å²) in [6, 6.07) is 15.6. The number of carbonyl (C=O) groups is 2. The molecular weight excluding hydrogens is 541 g/mol. The van der Waals surface area contributed by atoms with Crippen LogP contribution in [-0.4, -0.2) is 63.3 Å². The van der Waals surface area contributed by atoms with Crippen molar-refractivity contribution in [2.45, 2.75) is 25.7 Å². The molecule has 2 aliphatic rings. The zero-order chi connectivity index (χ0) is 25.8. The molecule has 3 aromatic rings. The number of carboxylic acid groups (broad SMARTS) is 2. The van der Waals surface area contributed by atoms with Gasteiger partial charge in [-0.2, -0.15) is 0 Å². The van der Waals surface area contributed by atoms with Crippen LogP contribution in [0.25, 0.3) is 16.9 Å². The molecule has 9 nitrogen and oxygen atoms in total. The molecule has 3 heterocycles. The molecule has 0 bridgehead atoms. The van der Waals surface area contributed by atoms with Gasteiger partial charge in [0.05, 0.1) is 23.7 Å². The summed E-state index contributed by atoms with van der Waals surface area (Å²) in [5, 5.41) is 34.8. The highest BCUT2D eigenvalue weighted by Gasteiger charge is 2.31. The van der Waals surface area contributed by atoms with Crippen molar-refractivity contribution in [1.29, 1.82) is 0 Å². The minimum Gasteiger partial charge on any atom is -0.481 e. The Kier molecular flexibility index (Phi) is 10.9. The fourth-order valence-electron chi connectivity index (χ4n) is 5.67. The fraction of sp³-hybridized carbons (Fsp3) is 0.429. The quantitative estimate of drug-likeness (QED) is 0.289. The Bertz CT molecular complexity index is 1160. The summed E-state index contributed by atoms with van der Waals surface area (Å²) in [5.74, 6) is -2.07. The van der Waals surface area contributed by atoms with Gasteiger partial charge in [-0.25, -0.2) is 4.68 Å². The monoisotopic (exact) mass is 575 g/mol. The summed E-state index contributed by atoms with van der Waals surface area (Å²) in [6.07, 6.45) is 4.57. The molecule has 0 aliphatic carbocycles. The van der Waals surface area contributed by atoms with Crippen LogP contribution in [0.3, 0.4) is 0 Å². The predicted molar refractivity (Wildman–Crippen MR) is 153 cm³/mol. The zero-order valence-electron chi connectivity index (χ0n) is 21.5. The summed E-state index contributed by atoms with van der Waals surface area (Å²) in [6.45, 7) is 3.22. The van der Waals surface area contributed by atoms with Crippen LogP contribution in [0, 0.1) is 23.7 Å². The van der Waals surface area contributed by atoms with Gasteiger partial charge in [0.2, 0.25) is 0 Å². The first-order chi connectivity index (χ1) is 18.0. The van der Waals surface area contributed by atoms with E-state index in [1.54, 1.807) is 4.68 Å². The average molecular weight is 577 g/mol. The second-order valence-corrected chi connectivity index (χ2v) is 10.2. The van der Waals surface area contributed by atoms with Crippen molar-refractivity contribution in [3.05, 3.63) is 65.9 Å². The van der Waals surface area contributed by atoms with Gasteiger partial charge in [-0.1, -0.05) is 35.5 Å². The molecule has 39 heavy (non-hydrogen) atoms. The minimum absolute atomic E-state index is 0. The largest absolute Gasteiger partial charge is 0.481 e. The highest BCUT2D eigenvalue weighted by molar-refractivity contribution is 5.85. The van der Waals surface area contributed by atoms with Gasteiger partial charge in [-0.3, -0.25) is 9.59 Å². The molecule has 4 atom stereocenters. The molecule has 4 N–H and O–H groups in total. The van der Waals surface area contributed by atoms with E-state index in [1.165, 1.54) is 0 Å². The molecule has 11 heteroatoms. The number of aromatic nitrogens is 3. The van der Waals surface area contributed by atoms with Gasteiger partial charge in [0.1, 0.15) is 5.69 Å². The third-order valence-corrected chi connectivity index (χ3v) is 7.77. The molecule has 0 spiro atoms. The zero-order valence-corrected chi connectivity index (χ0v) is 23.2. The van der Waals surface area contributed by atoms with Crippen LogP contribution in [0.5, 0.6) is 0 Å². The summed E-state index contributed by atoms with van der Waals surface area (Å²) < 4.78 is 1.70. The maximum atomic E-state index is 11.9. The van der Waals surface area contributed by atoms with Gasteiger partial charge in [-0.05, 0) is 93.0 Å². The van der Waals surface area contributed by atoms with Crippen LogP contribution < -0.4 is 10.6 Å². The second kappa shape index (κ2) is 13.9. The molecule has 2 fully saturated rings. The number of nitrogens with one attached hydrogen (secondary N) is 2. The van der Waals surface area contributed by atoms with Crippen molar-refractivity contribution in [3.63, 3.8) is 0 Å². The van der Waals surface area contributed by atoms with Crippen molar-refractivity contribution in [1.82, 2.24) is 25.6 Å². The summed E-state index contributed by atoms with van der Waals surface area (Å²) in [5.41, 5.74) is 4.32. The SMILES string of the molecule is Cl.Cl.O=C(O)[C@@H](Cc1cccc(-c2cn(-c3cccc(C[C@H](C(=O)O)[C@H]4CCNC4)c3)nn2)c1)[C@H]1CCNC1. The van der Waals surface area contributed by atoms with Crippen LogP contribution in [0.1, 0.15) is 24.0 Å². The maximum Gasteiger partial charge on any atom is 0.307 e. The molecule has 2 aromatic carbocycles. The van der Waals surface area contributed by atoms with E-state index in [2.05, 4.69) is 20.9 Å². The molecule has 0 saturated carbocycles. The Hall–Kier alpha value is -2.98. The first-order valence-electron chi connectivity index (χ1n) is 13.0. The number of benzene rings is 2. The van der Waals surface area contributed by atoms with Crippen LogP contribution in [0.4, 0.5) is 0 Å². The van der Waals surface area contributed by atoms with Crippen LogP contribution in [-0.2, 0) is 22.4 Å². The fourth-order valence-corrected chi connectivity index (χ4v) is 5.67. The second-order valence-electron chi connectivity index (χ2n) is 10.2. The number of hydrogen-bond donors (Lipinski definition) is 4. The normalized spacial score (nSPS) is 20.0. The first-order valence-corrected chi connectivity index (χ1v) is 13.0. The van der Waals surface area contributed by atoms with Gasteiger partial charge >= 0.3 is 11.9 Å². The molecule has 0 amide bonds. The van der Waals surface area contributed by atoms with E-state index in [4.69, 9.17) is 0 Å². The van der Waals surface area contributed by atoms with Gasteiger partial charge < -0.3 is 20.8 Å². The lowest BCUT2D eigenvalue weighted by Crippen LogP contribution is -2.27. The topological polar surface area (TPSA) is 129 Å². The van der Waals surface area contributed by atoms with Crippen molar-refractivity contribution < 1.29 is 19.8 Å². The Morgan fingerprint density at radius 1 is 0.872 bits per heavy atom. The van der Waals surface area contributed by atoms with E-state index < -0.39 is 23.8 Å². The lowest BCUT2D eigenvalue weighted by atomic mass is 9.86. The smallest absolute Gasteiger partial charge is 0.307 e. The third kappa shape index (κ3) is 7.36. The first kappa shape index (κ1) is 30.6. The molecule has 2 saturated heterocycles. The van der Waals surface area contributed by atoms with E-state index in [-0.39, 0.29) is 36.6 Å². The average Bonchev–Trinajstić information content (AvgIpc) is 3.69. The maximum absolute atomic E-state index is 11.9. The Labute approximate surface area is 240 Å². The standard InChI is InChI=1S/C28H33N5O4.2ClH/c34-27(35)24(21-7-9-29-15-21)13-18-3-1-5-20(11-18)26-17-33(32-31-26)23-6-2-4-19(12-23)14-25(28(36)37)22-8-10-30-16-22;;/h1-6,11-12,17,21-22,24-25,29-30H,7-10,13-16H2,(H,34,35)(H,36,37);2*1H/t21-,22-,24-,25-;;/m0../s1. The number of halogens is 2. The van der Waals surface area contributed by atoms with Gasteiger partial charge in [0.25, 0.3) is 0 Å². The van der Waals surface area contributed by atoms with Crippen LogP contribution in [0.15, 0.2) is 54.7 Å². The lowest BCUT2D eigenvalue weighted by Gasteiger charge is -2.19. The Balaban J connectivity index is 0.00000210. The summed E-state index contributed by atoms with van der Waals surface area (Å²) in [7, 11) is 0. The van der Waals surface area contributed by atoms with Crippen molar-refractivity contribution >= 4 is 36.8 Å². The summed E-state index contributed by atoms with van der Waals surface area (Å²) in [4.78, 5) is 23.8. The number of nitrogens with zero attached hydrogens (tertiary/aromatic N) is 3. The molecule has 0 radical (unpaired) electrons. The molecule has 0 unspecified atom stereocenters. The van der Waals surface area contributed by atoms with Crippen molar-refractivity contribution in [2.75, 3.05) is 26.2 Å². The predicted octanol–water partition coefficient (Wildman–Crippen LogP) is 3.48. The van der Waals surface area contributed by atoms with Gasteiger partial charge in [-0.15, -0.1) is 29.9 Å². The molecular formula is C28H35Cl2N5O4. The van der Waals surface area contributed by atoms with Crippen molar-refractivity contribution in [3.8, 4) is 16.9 Å². The van der Waals surface area contributed by atoms with E-state index >= 15 is 0 Å². The van der Waals surface area contributed by atoms with E-state index in [9.17, 15) is 19.8 Å². The van der Waals surface area contributed by atoms with E-state index in [1.807, 2.05) is 54.7 Å². The summed E-state index contributed by atoms with van der Waals surface area (Å²) >= 11 is 0. The lowest BCUT2D eigenvalue weighted by molar-refractivity contribution is -0.144. The third-order valence-electron chi connectivity index (χ3n) is 7.77. The van der Waals surface area contributed by atoms with Crippen LogP contribution in [0.2, 0.25) is 0 Å². The number of aliphatic carboxylic acids is 2. The molecule has 2 aliphatic heterocycles. The van der Waals surface area contributed by atoms with Gasteiger partial charge in [0.15, 0.2) is 0 Å². The number of rotatable bonds is 10. The highest BCUT2D eigenvalue weighted by Crippen LogP contribution is 2.27. The van der Waals surface area contributed by atoms with Crippen LogP contribution >= 0.6 is 24.8 Å². The molecule has 1 aromatic heterocycles. The van der Waals surface area contributed by atoms with E-state index in [0.717, 1.165) is 61.4 Å². The number of hydrogen-bond acceptors (Lipinski definition) is 6. The number of carboxylic acids is 2. The minimum atomic E-state index is -0.753. The molecule has 210 valence electrons.